The van der Waals surface area contributed by atoms with Crippen molar-refractivity contribution in [1.82, 2.24) is 0 Å². The molecule has 3 heteroatoms. The summed E-state index contributed by atoms with van der Waals surface area (Å²) in [6, 6.07) is 0. The van der Waals surface area contributed by atoms with Gasteiger partial charge in [0.2, 0.25) is 0 Å². The van der Waals surface area contributed by atoms with Gasteiger partial charge in [-0.25, -0.2) is 0 Å². The van der Waals surface area contributed by atoms with Crippen molar-refractivity contribution in [3.8, 4) is 0 Å². The zero-order valence-corrected chi connectivity index (χ0v) is 8.84. The molecular weight excluding hydrogens is 168 g/mol. The van der Waals surface area contributed by atoms with E-state index in [9.17, 15) is 0 Å². The van der Waals surface area contributed by atoms with Gasteiger partial charge in [-0.1, -0.05) is 13.3 Å². The third kappa shape index (κ3) is 4.07. The van der Waals surface area contributed by atoms with Gasteiger partial charge < -0.3 is 14.2 Å². The molecule has 0 N–H and O–H groups in total. The maximum atomic E-state index is 5.58. The molecule has 1 unspecified atom stereocenters. The third-order valence-corrected chi connectivity index (χ3v) is 2.01. The van der Waals surface area contributed by atoms with E-state index in [2.05, 4.69) is 6.92 Å². The van der Waals surface area contributed by atoms with Gasteiger partial charge in [-0.05, 0) is 20.3 Å². The molecule has 0 aromatic carbocycles. The second-order valence-electron chi connectivity index (χ2n) is 3.88. The molecule has 0 amide bonds. The Bertz CT molecular complexity index is 145. The Morgan fingerprint density at radius 2 is 2.23 bits per heavy atom. The summed E-state index contributed by atoms with van der Waals surface area (Å²) in [5, 5.41) is 0. The van der Waals surface area contributed by atoms with Crippen molar-refractivity contribution in [2.75, 3.05) is 19.8 Å². The van der Waals surface area contributed by atoms with Gasteiger partial charge in [0.1, 0.15) is 6.10 Å². The Balaban J connectivity index is 2.04. The maximum Gasteiger partial charge on any atom is 0.163 e. The molecule has 1 atom stereocenters. The lowest BCUT2D eigenvalue weighted by atomic mass is 10.3. The maximum absolute atomic E-state index is 5.58. The molecule has 0 saturated carbocycles. The Kier molecular flexibility index (Phi) is 4.16. The summed E-state index contributed by atoms with van der Waals surface area (Å²) < 4.78 is 16.4. The molecule has 0 radical (unpaired) electrons. The Hall–Kier alpha value is -0.120. The van der Waals surface area contributed by atoms with E-state index in [0.29, 0.717) is 13.2 Å². The van der Waals surface area contributed by atoms with Crippen LogP contribution >= 0.6 is 0 Å². The van der Waals surface area contributed by atoms with E-state index >= 15 is 0 Å². The topological polar surface area (TPSA) is 27.7 Å². The van der Waals surface area contributed by atoms with Gasteiger partial charge in [0.25, 0.3) is 0 Å². The minimum absolute atomic E-state index is 0.117. The highest BCUT2D eigenvalue weighted by Crippen LogP contribution is 2.22. The Morgan fingerprint density at radius 1 is 1.46 bits per heavy atom. The molecule has 0 bridgehead atoms. The van der Waals surface area contributed by atoms with E-state index in [1.165, 1.54) is 6.42 Å². The fraction of sp³-hybridized carbons (Fsp3) is 1.00. The number of hydrogen-bond acceptors (Lipinski definition) is 3. The second-order valence-corrected chi connectivity index (χ2v) is 3.88. The molecule has 1 heterocycles. The molecule has 1 rings (SSSR count). The lowest BCUT2D eigenvalue weighted by molar-refractivity contribution is -0.145. The van der Waals surface area contributed by atoms with Gasteiger partial charge in [-0.15, -0.1) is 0 Å². The summed E-state index contributed by atoms with van der Waals surface area (Å²) >= 11 is 0. The van der Waals surface area contributed by atoms with Crippen molar-refractivity contribution in [1.29, 1.82) is 0 Å². The quantitative estimate of drug-likeness (QED) is 0.617. The van der Waals surface area contributed by atoms with Crippen LogP contribution in [0.4, 0.5) is 0 Å². The van der Waals surface area contributed by atoms with Gasteiger partial charge in [0.15, 0.2) is 5.79 Å². The molecular formula is C10H20O3. The van der Waals surface area contributed by atoms with Crippen LogP contribution < -0.4 is 0 Å². The molecule has 13 heavy (non-hydrogen) atoms. The van der Waals surface area contributed by atoms with Crippen molar-refractivity contribution in [2.24, 2.45) is 0 Å². The van der Waals surface area contributed by atoms with Crippen LogP contribution in [0.1, 0.15) is 33.6 Å². The first-order valence-electron chi connectivity index (χ1n) is 5.03. The number of hydrogen-bond donors (Lipinski definition) is 0. The van der Waals surface area contributed by atoms with Crippen molar-refractivity contribution >= 4 is 0 Å². The Morgan fingerprint density at radius 3 is 2.77 bits per heavy atom. The minimum atomic E-state index is -0.418. The molecule has 1 aliphatic rings. The summed E-state index contributed by atoms with van der Waals surface area (Å²) in [4.78, 5) is 0. The average molecular weight is 188 g/mol. The van der Waals surface area contributed by atoms with E-state index < -0.39 is 5.79 Å². The van der Waals surface area contributed by atoms with Crippen LogP contribution in [0.15, 0.2) is 0 Å². The lowest BCUT2D eigenvalue weighted by Crippen LogP contribution is -2.24. The zero-order chi connectivity index (χ0) is 9.73. The van der Waals surface area contributed by atoms with Crippen LogP contribution in [-0.4, -0.2) is 31.7 Å². The first-order chi connectivity index (χ1) is 6.14. The zero-order valence-electron chi connectivity index (χ0n) is 8.84. The lowest BCUT2D eigenvalue weighted by Gasteiger charge is -2.16. The minimum Gasteiger partial charge on any atom is -0.379 e. The number of ether oxygens (including phenoxy) is 3. The van der Waals surface area contributed by atoms with E-state index in [-0.39, 0.29) is 6.10 Å². The summed E-state index contributed by atoms with van der Waals surface area (Å²) in [5.41, 5.74) is 0. The average Bonchev–Trinajstić information content (AvgIpc) is 2.40. The molecule has 1 aliphatic heterocycles. The first-order valence-corrected chi connectivity index (χ1v) is 5.03. The van der Waals surface area contributed by atoms with Crippen molar-refractivity contribution in [3.05, 3.63) is 0 Å². The van der Waals surface area contributed by atoms with E-state index in [1.54, 1.807) is 0 Å². The van der Waals surface area contributed by atoms with Crippen molar-refractivity contribution < 1.29 is 14.2 Å². The molecule has 3 nitrogen and oxygen atoms in total. The van der Waals surface area contributed by atoms with Gasteiger partial charge in [0, 0.05) is 6.61 Å². The molecule has 1 saturated heterocycles. The monoisotopic (exact) mass is 188 g/mol. The molecule has 0 spiro atoms. The summed E-state index contributed by atoms with van der Waals surface area (Å²) in [6.45, 7) is 8.15. The van der Waals surface area contributed by atoms with Crippen LogP contribution in [0, 0.1) is 0 Å². The fourth-order valence-electron chi connectivity index (χ4n) is 1.31. The highest BCUT2D eigenvalue weighted by molar-refractivity contribution is 4.69. The van der Waals surface area contributed by atoms with Gasteiger partial charge in [-0.2, -0.15) is 0 Å². The normalized spacial score (nSPS) is 26.5. The van der Waals surface area contributed by atoms with E-state index in [0.717, 1.165) is 13.0 Å². The standard InChI is InChI=1S/C10H20O3/c1-4-5-6-11-7-9-8-12-10(2,3)13-9/h9H,4-8H2,1-3H3. The smallest absolute Gasteiger partial charge is 0.163 e. The van der Waals surface area contributed by atoms with Crippen LogP contribution in [-0.2, 0) is 14.2 Å². The molecule has 0 aromatic rings. The van der Waals surface area contributed by atoms with Crippen molar-refractivity contribution in [2.45, 2.75) is 45.5 Å². The Labute approximate surface area is 80.4 Å². The largest absolute Gasteiger partial charge is 0.379 e. The van der Waals surface area contributed by atoms with Crippen LogP contribution in [0.3, 0.4) is 0 Å². The van der Waals surface area contributed by atoms with Crippen LogP contribution in [0.25, 0.3) is 0 Å². The first kappa shape index (κ1) is 11.0. The number of unbranched alkanes of at least 4 members (excludes halogenated alkanes) is 1. The molecule has 1 fully saturated rings. The van der Waals surface area contributed by atoms with E-state index in [1.807, 2.05) is 13.8 Å². The van der Waals surface area contributed by atoms with E-state index in [4.69, 9.17) is 14.2 Å². The molecule has 78 valence electrons. The summed E-state index contributed by atoms with van der Waals surface area (Å²) in [5.74, 6) is -0.418. The van der Waals surface area contributed by atoms with Crippen LogP contribution in [0.2, 0.25) is 0 Å². The highest BCUT2D eigenvalue weighted by Gasteiger charge is 2.32. The van der Waals surface area contributed by atoms with Gasteiger partial charge in [-0.3, -0.25) is 0 Å². The van der Waals surface area contributed by atoms with Crippen molar-refractivity contribution in [3.63, 3.8) is 0 Å². The predicted molar refractivity (Wildman–Crippen MR) is 50.6 cm³/mol. The van der Waals surface area contributed by atoms with Gasteiger partial charge in [0.05, 0.1) is 13.2 Å². The third-order valence-electron chi connectivity index (χ3n) is 2.01. The molecule has 0 aliphatic carbocycles. The van der Waals surface area contributed by atoms with Gasteiger partial charge >= 0.3 is 0 Å². The summed E-state index contributed by atoms with van der Waals surface area (Å²) in [7, 11) is 0. The van der Waals surface area contributed by atoms with Crippen LogP contribution in [0.5, 0.6) is 0 Å². The number of rotatable bonds is 5. The fourth-order valence-corrected chi connectivity index (χ4v) is 1.31. The predicted octanol–water partition coefficient (Wildman–Crippen LogP) is 1.95. The molecule has 0 aromatic heterocycles. The highest BCUT2D eigenvalue weighted by atomic mass is 16.7. The second kappa shape index (κ2) is 4.94. The SMILES string of the molecule is CCCCOCC1COC(C)(C)O1. The summed E-state index contributed by atoms with van der Waals surface area (Å²) in [6.07, 6.45) is 2.41.